The fourth-order valence-corrected chi connectivity index (χ4v) is 2.98. The van der Waals surface area contributed by atoms with Crippen LogP contribution in [0.1, 0.15) is 32.6 Å². The van der Waals surface area contributed by atoms with Gasteiger partial charge in [-0.15, -0.1) is 0 Å². The number of aromatic carboxylic acids is 1. The van der Waals surface area contributed by atoms with Crippen molar-refractivity contribution in [3.8, 4) is 0 Å². The zero-order chi connectivity index (χ0) is 20.1. The number of likely N-dealkylation sites (N-methyl/N-ethyl adjacent to an activating group) is 1. The first-order valence-electron chi connectivity index (χ1n) is 8.61. The number of aryl methyl sites for hydroxylation is 3. The van der Waals surface area contributed by atoms with E-state index in [0.29, 0.717) is 5.56 Å². The maximum atomic E-state index is 12.4. The second kappa shape index (κ2) is 8.49. The number of hydrogen-bond donors (Lipinski definition) is 2. The highest BCUT2D eigenvalue weighted by Crippen LogP contribution is 2.21. The van der Waals surface area contributed by atoms with Crippen molar-refractivity contribution in [3.05, 3.63) is 64.2 Å². The molecule has 0 unspecified atom stereocenters. The van der Waals surface area contributed by atoms with Gasteiger partial charge < -0.3 is 15.3 Å². The standard InChI is InChI=1S/C21H24N2O4/c1-13-8-14(2)20(15(3)9-13)22-18(24)12-23(4)19(25)11-16-6-5-7-17(10-16)21(26)27/h5-10H,11-12H2,1-4H3,(H,22,24)(H,26,27). The molecule has 2 amide bonds. The van der Waals surface area contributed by atoms with Gasteiger partial charge in [-0.2, -0.15) is 0 Å². The van der Waals surface area contributed by atoms with Gasteiger partial charge in [0.25, 0.3) is 0 Å². The quantitative estimate of drug-likeness (QED) is 0.821. The molecule has 0 aliphatic heterocycles. The van der Waals surface area contributed by atoms with Crippen molar-refractivity contribution in [2.75, 3.05) is 18.9 Å². The summed E-state index contributed by atoms with van der Waals surface area (Å²) in [6, 6.07) is 10.2. The van der Waals surface area contributed by atoms with Crippen LogP contribution in [0, 0.1) is 20.8 Å². The molecule has 0 aromatic heterocycles. The van der Waals surface area contributed by atoms with Gasteiger partial charge in [0.05, 0.1) is 18.5 Å². The van der Waals surface area contributed by atoms with Crippen LogP contribution in [0.5, 0.6) is 0 Å². The molecular formula is C21H24N2O4. The molecule has 0 fully saturated rings. The minimum atomic E-state index is -1.04. The lowest BCUT2D eigenvalue weighted by atomic mass is 10.1. The summed E-state index contributed by atoms with van der Waals surface area (Å²) in [7, 11) is 1.55. The molecule has 2 N–H and O–H groups in total. The fraction of sp³-hybridized carbons (Fsp3) is 0.286. The number of amides is 2. The second-order valence-corrected chi connectivity index (χ2v) is 6.75. The minimum Gasteiger partial charge on any atom is -0.478 e. The molecule has 0 aliphatic rings. The number of hydrogen-bond acceptors (Lipinski definition) is 3. The van der Waals surface area contributed by atoms with Crippen molar-refractivity contribution >= 4 is 23.5 Å². The number of carboxylic acid groups (broad SMARTS) is 1. The molecule has 0 spiro atoms. The van der Waals surface area contributed by atoms with Crippen LogP contribution in [-0.4, -0.2) is 41.4 Å². The molecule has 0 saturated carbocycles. The van der Waals surface area contributed by atoms with E-state index >= 15 is 0 Å². The normalized spacial score (nSPS) is 10.4. The Hall–Kier alpha value is -3.15. The van der Waals surface area contributed by atoms with Crippen molar-refractivity contribution in [2.24, 2.45) is 0 Å². The Morgan fingerprint density at radius 3 is 2.26 bits per heavy atom. The van der Waals surface area contributed by atoms with Gasteiger partial charge in [0, 0.05) is 12.7 Å². The van der Waals surface area contributed by atoms with Crippen LogP contribution < -0.4 is 5.32 Å². The van der Waals surface area contributed by atoms with Crippen molar-refractivity contribution in [1.82, 2.24) is 4.90 Å². The smallest absolute Gasteiger partial charge is 0.335 e. The van der Waals surface area contributed by atoms with Crippen molar-refractivity contribution in [1.29, 1.82) is 0 Å². The van der Waals surface area contributed by atoms with Crippen LogP contribution >= 0.6 is 0 Å². The molecule has 142 valence electrons. The Morgan fingerprint density at radius 2 is 1.67 bits per heavy atom. The summed E-state index contributed by atoms with van der Waals surface area (Å²) >= 11 is 0. The van der Waals surface area contributed by atoms with E-state index in [4.69, 9.17) is 5.11 Å². The molecule has 0 bridgehead atoms. The number of carbonyl (C=O) groups excluding carboxylic acids is 2. The molecule has 6 nitrogen and oxygen atoms in total. The van der Waals surface area contributed by atoms with Crippen molar-refractivity contribution < 1.29 is 19.5 Å². The van der Waals surface area contributed by atoms with E-state index in [1.165, 1.54) is 17.0 Å². The maximum absolute atomic E-state index is 12.4. The molecule has 2 aromatic carbocycles. The first kappa shape index (κ1) is 20.2. The van der Waals surface area contributed by atoms with E-state index in [1.807, 2.05) is 32.9 Å². The van der Waals surface area contributed by atoms with E-state index in [9.17, 15) is 14.4 Å². The monoisotopic (exact) mass is 368 g/mol. The molecular weight excluding hydrogens is 344 g/mol. The molecule has 0 atom stereocenters. The molecule has 0 radical (unpaired) electrons. The molecule has 0 heterocycles. The highest BCUT2D eigenvalue weighted by molar-refractivity contribution is 5.96. The summed E-state index contributed by atoms with van der Waals surface area (Å²) in [5.41, 5.74) is 4.56. The summed E-state index contributed by atoms with van der Waals surface area (Å²) in [4.78, 5) is 37.0. The topological polar surface area (TPSA) is 86.7 Å². The lowest BCUT2D eigenvalue weighted by Crippen LogP contribution is -2.36. The maximum Gasteiger partial charge on any atom is 0.335 e. The summed E-state index contributed by atoms with van der Waals surface area (Å²) in [5, 5.41) is 11.9. The van der Waals surface area contributed by atoms with Crippen molar-refractivity contribution in [3.63, 3.8) is 0 Å². The van der Waals surface area contributed by atoms with Crippen LogP contribution in [0.3, 0.4) is 0 Å². The highest BCUT2D eigenvalue weighted by Gasteiger charge is 2.16. The summed E-state index contributed by atoms with van der Waals surface area (Å²) in [6.07, 6.45) is 0.0352. The highest BCUT2D eigenvalue weighted by atomic mass is 16.4. The first-order chi connectivity index (χ1) is 12.7. The first-order valence-corrected chi connectivity index (χ1v) is 8.61. The zero-order valence-corrected chi connectivity index (χ0v) is 16.0. The third kappa shape index (κ3) is 5.41. The third-order valence-electron chi connectivity index (χ3n) is 4.28. The molecule has 2 aromatic rings. The van der Waals surface area contributed by atoms with Crippen LogP contribution in [0.4, 0.5) is 5.69 Å². The molecule has 27 heavy (non-hydrogen) atoms. The summed E-state index contributed by atoms with van der Waals surface area (Å²) < 4.78 is 0. The molecule has 2 rings (SSSR count). The van der Waals surface area contributed by atoms with E-state index in [2.05, 4.69) is 5.32 Å². The molecule has 0 aliphatic carbocycles. The number of nitrogens with one attached hydrogen (secondary N) is 1. The Bertz CT molecular complexity index is 866. The van der Waals surface area contributed by atoms with Gasteiger partial charge in [0.2, 0.25) is 11.8 Å². The predicted molar refractivity (Wildman–Crippen MR) is 104 cm³/mol. The van der Waals surface area contributed by atoms with E-state index in [-0.39, 0.29) is 30.3 Å². The SMILES string of the molecule is Cc1cc(C)c(NC(=O)CN(C)C(=O)Cc2cccc(C(=O)O)c2)c(C)c1. The Kier molecular flexibility index (Phi) is 6.34. The fourth-order valence-electron chi connectivity index (χ4n) is 2.98. The molecule has 0 saturated heterocycles. The Morgan fingerprint density at radius 1 is 1.04 bits per heavy atom. The lowest BCUT2D eigenvalue weighted by Gasteiger charge is -2.18. The van der Waals surface area contributed by atoms with Crippen LogP contribution in [0.15, 0.2) is 36.4 Å². The van der Waals surface area contributed by atoms with Gasteiger partial charge in [0.15, 0.2) is 0 Å². The lowest BCUT2D eigenvalue weighted by molar-refractivity contribution is -0.132. The van der Waals surface area contributed by atoms with Gasteiger partial charge in [0.1, 0.15) is 0 Å². The second-order valence-electron chi connectivity index (χ2n) is 6.75. The van der Waals surface area contributed by atoms with E-state index < -0.39 is 5.97 Å². The Labute approximate surface area is 158 Å². The largest absolute Gasteiger partial charge is 0.478 e. The van der Waals surface area contributed by atoms with E-state index in [1.54, 1.807) is 19.2 Å². The van der Waals surface area contributed by atoms with Gasteiger partial charge >= 0.3 is 5.97 Å². The van der Waals surface area contributed by atoms with Crippen LogP contribution in [-0.2, 0) is 16.0 Å². The van der Waals surface area contributed by atoms with Crippen LogP contribution in [0.25, 0.3) is 0 Å². The summed E-state index contributed by atoms with van der Waals surface area (Å²) in [5.74, 6) is -1.58. The average molecular weight is 368 g/mol. The van der Waals surface area contributed by atoms with Crippen molar-refractivity contribution in [2.45, 2.75) is 27.2 Å². The number of carbonyl (C=O) groups is 3. The number of benzene rings is 2. The number of nitrogens with zero attached hydrogens (tertiary/aromatic N) is 1. The molecule has 6 heteroatoms. The van der Waals surface area contributed by atoms with E-state index in [0.717, 1.165) is 22.4 Å². The average Bonchev–Trinajstić information content (AvgIpc) is 2.58. The van der Waals surface area contributed by atoms with Gasteiger partial charge in [-0.1, -0.05) is 29.8 Å². The number of rotatable bonds is 6. The number of carboxylic acids is 1. The third-order valence-corrected chi connectivity index (χ3v) is 4.28. The summed E-state index contributed by atoms with van der Waals surface area (Å²) in [6.45, 7) is 5.78. The predicted octanol–water partition coefficient (Wildman–Crippen LogP) is 2.95. The number of anilines is 1. The van der Waals surface area contributed by atoms with Crippen LogP contribution in [0.2, 0.25) is 0 Å². The minimum absolute atomic E-state index is 0.0352. The zero-order valence-electron chi connectivity index (χ0n) is 16.0. The Balaban J connectivity index is 1.99. The van der Waals surface area contributed by atoms with Gasteiger partial charge in [-0.3, -0.25) is 9.59 Å². The van der Waals surface area contributed by atoms with Gasteiger partial charge in [-0.05, 0) is 49.6 Å². The van der Waals surface area contributed by atoms with Gasteiger partial charge in [-0.25, -0.2) is 4.79 Å².